The first-order valence-electron chi connectivity index (χ1n) is 8.62. The smallest absolute Gasteiger partial charge is 0.224 e. The van der Waals surface area contributed by atoms with Gasteiger partial charge in [-0.15, -0.1) is 0 Å². The van der Waals surface area contributed by atoms with Crippen LogP contribution in [-0.2, 0) is 4.79 Å². The van der Waals surface area contributed by atoms with Gasteiger partial charge in [-0.3, -0.25) is 4.79 Å². The predicted octanol–water partition coefficient (Wildman–Crippen LogP) is 4.16. The van der Waals surface area contributed by atoms with Crippen molar-refractivity contribution in [2.45, 2.75) is 32.6 Å². The fourth-order valence-corrected chi connectivity index (χ4v) is 2.85. The molecule has 1 aliphatic heterocycles. The molecule has 1 aliphatic rings. The quantitative estimate of drug-likeness (QED) is 0.867. The number of rotatable bonds is 5. The summed E-state index contributed by atoms with van der Waals surface area (Å²) < 4.78 is 0. The molecule has 0 spiro atoms. The molecule has 1 saturated heterocycles. The van der Waals surface area contributed by atoms with E-state index in [9.17, 15) is 4.79 Å². The van der Waals surface area contributed by atoms with Crippen LogP contribution in [0, 0.1) is 0 Å². The zero-order valence-corrected chi connectivity index (χ0v) is 14.1. The Morgan fingerprint density at radius 1 is 1.04 bits per heavy atom. The van der Waals surface area contributed by atoms with Crippen LogP contribution in [0.3, 0.4) is 0 Å². The summed E-state index contributed by atoms with van der Waals surface area (Å²) in [7, 11) is 0. The number of amides is 1. The maximum absolute atomic E-state index is 11.4. The summed E-state index contributed by atoms with van der Waals surface area (Å²) in [5, 5.41) is 6.08. The number of nitrogens with zero attached hydrogens (tertiary/aromatic N) is 2. The van der Waals surface area contributed by atoms with Gasteiger partial charge in [0, 0.05) is 30.9 Å². The van der Waals surface area contributed by atoms with Gasteiger partial charge in [0.1, 0.15) is 5.82 Å². The average Bonchev–Trinajstić information content (AvgIpc) is 2.64. The first kappa shape index (κ1) is 16.3. The van der Waals surface area contributed by atoms with Crippen molar-refractivity contribution in [3.63, 3.8) is 0 Å². The lowest BCUT2D eigenvalue weighted by Gasteiger charge is -2.28. The first-order chi connectivity index (χ1) is 11.7. The summed E-state index contributed by atoms with van der Waals surface area (Å²) in [6, 6.07) is 12.2. The van der Waals surface area contributed by atoms with Crippen molar-refractivity contribution in [1.82, 2.24) is 4.98 Å². The van der Waals surface area contributed by atoms with Gasteiger partial charge in [-0.25, -0.2) is 4.98 Å². The van der Waals surface area contributed by atoms with E-state index in [2.05, 4.69) is 44.8 Å². The summed E-state index contributed by atoms with van der Waals surface area (Å²) in [5.41, 5.74) is 3.01. The standard InChI is InChI=1S/C19H24N4O/c1-2-19(24)22-16-8-11-18(20-14-16)21-15-6-9-17(10-7-15)23-12-4-3-5-13-23/h6-11,14H,2-5,12-13H2,1H3,(H,20,21)(H,22,24). The molecule has 0 aliphatic carbocycles. The normalized spacial score (nSPS) is 14.3. The molecule has 1 fully saturated rings. The lowest BCUT2D eigenvalue weighted by molar-refractivity contribution is -0.115. The molecule has 0 saturated carbocycles. The summed E-state index contributed by atoms with van der Waals surface area (Å²) in [5.74, 6) is 0.751. The number of benzene rings is 1. The third kappa shape index (κ3) is 4.25. The van der Waals surface area contributed by atoms with Crippen LogP contribution < -0.4 is 15.5 Å². The molecule has 126 valence electrons. The van der Waals surface area contributed by atoms with Gasteiger partial charge in [0.15, 0.2) is 0 Å². The highest BCUT2D eigenvalue weighted by Crippen LogP contribution is 2.23. The first-order valence-corrected chi connectivity index (χ1v) is 8.62. The van der Waals surface area contributed by atoms with E-state index < -0.39 is 0 Å². The average molecular weight is 324 g/mol. The molecule has 5 heteroatoms. The summed E-state index contributed by atoms with van der Waals surface area (Å²) in [6.45, 7) is 4.13. The van der Waals surface area contributed by atoms with Crippen LogP contribution in [0.15, 0.2) is 42.6 Å². The Bertz CT molecular complexity index is 661. The lowest BCUT2D eigenvalue weighted by atomic mass is 10.1. The van der Waals surface area contributed by atoms with E-state index >= 15 is 0 Å². The van der Waals surface area contributed by atoms with Gasteiger partial charge < -0.3 is 15.5 Å². The van der Waals surface area contributed by atoms with Crippen LogP contribution in [0.1, 0.15) is 32.6 Å². The number of hydrogen-bond donors (Lipinski definition) is 2. The number of anilines is 4. The van der Waals surface area contributed by atoms with Gasteiger partial charge in [0.05, 0.1) is 11.9 Å². The molecule has 0 bridgehead atoms. The maximum atomic E-state index is 11.4. The summed E-state index contributed by atoms with van der Waals surface area (Å²) in [4.78, 5) is 18.1. The minimum atomic E-state index is -0.00851. The molecule has 2 heterocycles. The highest BCUT2D eigenvalue weighted by molar-refractivity contribution is 5.90. The molecule has 2 aromatic rings. The van der Waals surface area contributed by atoms with E-state index in [-0.39, 0.29) is 5.91 Å². The van der Waals surface area contributed by atoms with E-state index in [1.165, 1.54) is 24.9 Å². The molecular formula is C19H24N4O. The van der Waals surface area contributed by atoms with E-state index in [1.807, 2.05) is 19.1 Å². The molecular weight excluding hydrogens is 300 g/mol. The van der Waals surface area contributed by atoms with E-state index in [0.717, 1.165) is 24.6 Å². The SMILES string of the molecule is CCC(=O)Nc1ccc(Nc2ccc(N3CCCCC3)cc2)nc1. The molecule has 2 N–H and O–H groups in total. The molecule has 3 rings (SSSR count). The van der Waals surface area contributed by atoms with Gasteiger partial charge in [0.2, 0.25) is 5.91 Å². The minimum Gasteiger partial charge on any atom is -0.372 e. The molecule has 0 radical (unpaired) electrons. The number of carbonyl (C=O) groups excluding carboxylic acids is 1. The second kappa shape index (κ2) is 7.81. The van der Waals surface area contributed by atoms with Crippen molar-refractivity contribution in [1.29, 1.82) is 0 Å². The van der Waals surface area contributed by atoms with Gasteiger partial charge in [-0.05, 0) is 55.7 Å². The molecule has 1 amide bonds. The maximum Gasteiger partial charge on any atom is 0.224 e. The second-order valence-corrected chi connectivity index (χ2v) is 6.05. The van der Waals surface area contributed by atoms with E-state index in [4.69, 9.17) is 0 Å². The largest absolute Gasteiger partial charge is 0.372 e. The van der Waals surface area contributed by atoms with Crippen molar-refractivity contribution in [3.05, 3.63) is 42.6 Å². The Labute approximate surface area is 143 Å². The van der Waals surface area contributed by atoms with Crippen molar-refractivity contribution < 1.29 is 4.79 Å². The monoisotopic (exact) mass is 324 g/mol. The van der Waals surface area contributed by atoms with Crippen LogP contribution in [0.4, 0.5) is 22.9 Å². The Balaban J connectivity index is 1.60. The van der Waals surface area contributed by atoms with Gasteiger partial charge >= 0.3 is 0 Å². The number of pyridine rings is 1. The topological polar surface area (TPSA) is 57.3 Å². The van der Waals surface area contributed by atoms with Gasteiger partial charge in [0.25, 0.3) is 0 Å². The molecule has 0 unspecified atom stereocenters. The summed E-state index contributed by atoms with van der Waals surface area (Å²) in [6.07, 6.45) is 6.04. The van der Waals surface area contributed by atoms with Crippen molar-refractivity contribution in [2.24, 2.45) is 0 Å². The number of nitrogens with one attached hydrogen (secondary N) is 2. The van der Waals surface area contributed by atoms with Crippen molar-refractivity contribution >= 4 is 28.8 Å². The van der Waals surface area contributed by atoms with Crippen LogP contribution in [-0.4, -0.2) is 24.0 Å². The Kier molecular flexibility index (Phi) is 5.31. The van der Waals surface area contributed by atoms with E-state index in [0.29, 0.717) is 12.1 Å². The minimum absolute atomic E-state index is 0.00851. The Hall–Kier alpha value is -2.56. The van der Waals surface area contributed by atoms with Crippen LogP contribution in [0.2, 0.25) is 0 Å². The highest BCUT2D eigenvalue weighted by atomic mass is 16.1. The van der Waals surface area contributed by atoms with Crippen molar-refractivity contribution in [3.8, 4) is 0 Å². The zero-order valence-electron chi connectivity index (χ0n) is 14.1. The fourth-order valence-electron chi connectivity index (χ4n) is 2.85. The van der Waals surface area contributed by atoms with Crippen LogP contribution >= 0.6 is 0 Å². The Morgan fingerprint density at radius 3 is 2.38 bits per heavy atom. The molecule has 1 aromatic heterocycles. The number of carbonyl (C=O) groups is 1. The predicted molar refractivity (Wildman–Crippen MR) is 98.9 cm³/mol. The Morgan fingerprint density at radius 2 is 1.75 bits per heavy atom. The number of hydrogen-bond acceptors (Lipinski definition) is 4. The van der Waals surface area contributed by atoms with Crippen molar-refractivity contribution in [2.75, 3.05) is 28.6 Å². The fraction of sp³-hybridized carbons (Fsp3) is 0.368. The van der Waals surface area contributed by atoms with Crippen LogP contribution in [0.5, 0.6) is 0 Å². The third-order valence-corrected chi connectivity index (χ3v) is 4.23. The van der Waals surface area contributed by atoms with Crippen LogP contribution in [0.25, 0.3) is 0 Å². The summed E-state index contributed by atoms with van der Waals surface area (Å²) >= 11 is 0. The highest BCUT2D eigenvalue weighted by Gasteiger charge is 2.10. The zero-order chi connectivity index (χ0) is 16.8. The van der Waals surface area contributed by atoms with E-state index in [1.54, 1.807) is 6.20 Å². The lowest BCUT2D eigenvalue weighted by Crippen LogP contribution is -2.29. The number of aromatic nitrogens is 1. The van der Waals surface area contributed by atoms with Gasteiger partial charge in [-0.2, -0.15) is 0 Å². The van der Waals surface area contributed by atoms with Gasteiger partial charge in [-0.1, -0.05) is 6.92 Å². The molecule has 24 heavy (non-hydrogen) atoms. The third-order valence-electron chi connectivity index (χ3n) is 4.23. The molecule has 1 aromatic carbocycles. The molecule has 0 atom stereocenters. The number of piperidine rings is 1. The second-order valence-electron chi connectivity index (χ2n) is 6.05. The molecule has 5 nitrogen and oxygen atoms in total.